The SMILES string of the molecule is CCN(CC(=O)NCCC1=CCCCC1)S(=O)(=O)c1ccc(Cl)cc1. The molecule has 5 nitrogen and oxygen atoms in total. The van der Waals surface area contributed by atoms with Crippen LogP contribution in [0.15, 0.2) is 40.8 Å². The number of nitrogens with one attached hydrogen (secondary N) is 1. The van der Waals surface area contributed by atoms with E-state index in [1.807, 2.05) is 0 Å². The van der Waals surface area contributed by atoms with Crippen LogP contribution in [-0.2, 0) is 14.8 Å². The molecule has 1 aromatic rings. The fourth-order valence-corrected chi connectivity index (χ4v) is 4.36. The highest BCUT2D eigenvalue weighted by molar-refractivity contribution is 7.89. The topological polar surface area (TPSA) is 66.5 Å². The number of sulfonamides is 1. The van der Waals surface area contributed by atoms with E-state index in [1.54, 1.807) is 6.92 Å². The lowest BCUT2D eigenvalue weighted by Gasteiger charge is -2.20. The van der Waals surface area contributed by atoms with Crippen molar-refractivity contribution in [2.45, 2.75) is 43.9 Å². The van der Waals surface area contributed by atoms with Gasteiger partial charge in [0.1, 0.15) is 0 Å². The van der Waals surface area contributed by atoms with Crippen LogP contribution in [0, 0.1) is 0 Å². The van der Waals surface area contributed by atoms with Crippen molar-refractivity contribution in [1.82, 2.24) is 9.62 Å². The molecule has 0 unspecified atom stereocenters. The van der Waals surface area contributed by atoms with Crippen LogP contribution in [-0.4, -0.2) is 38.3 Å². The lowest BCUT2D eigenvalue weighted by molar-refractivity contribution is -0.121. The van der Waals surface area contributed by atoms with Gasteiger partial charge in [-0.25, -0.2) is 8.42 Å². The van der Waals surface area contributed by atoms with Crippen LogP contribution in [0.1, 0.15) is 39.0 Å². The Kier molecular flexibility index (Phi) is 7.47. The minimum atomic E-state index is -3.71. The maximum atomic E-state index is 12.6. The maximum Gasteiger partial charge on any atom is 0.243 e. The number of allylic oxidation sites excluding steroid dienone is 1. The standard InChI is InChI=1S/C18H25ClN2O3S/c1-2-21(25(23,24)17-10-8-16(19)9-11-17)14-18(22)20-13-12-15-6-4-3-5-7-15/h6,8-11H,2-5,7,12-14H2,1H3,(H,20,22). The summed E-state index contributed by atoms with van der Waals surface area (Å²) in [6, 6.07) is 5.96. The molecule has 0 saturated heterocycles. The molecule has 1 amide bonds. The summed E-state index contributed by atoms with van der Waals surface area (Å²) in [7, 11) is -3.71. The molecule has 1 aliphatic rings. The summed E-state index contributed by atoms with van der Waals surface area (Å²) >= 11 is 5.80. The zero-order valence-electron chi connectivity index (χ0n) is 14.5. The molecule has 138 valence electrons. The number of amides is 1. The second kappa shape index (κ2) is 9.36. The van der Waals surface area contributed by atoms with Gasteiger partial charge in [0.15, 0.2) is 0 Å². The molecule has 0 bridgehead atoms. The number of benzene rings is 1. The third kappa shape index (κ3) is 5.83. The van der Waals surface area contributed by atoms with E-state index in [9.17, 15) is 13.2 Å². The van der Waals surface area contributed by atoms with Gasteiger partial charge in [-0.1, -0.05) is 30.2 Å². The lowest BCUT2D eigenvalue weighted by Crippen LogP contribution is -2.40. The van der Waals surface area contributed by atoms with Crippen LogP contribution in [0.2, 0.25) is 5.02 Å². The highest BCUT2D eigenvalue weighted by atomic mass is 35.5. The molecule has 1 aromatic carbocycles. The van der Waals surface area contributed by atoms with E-state index in [1.165, 1.54) is 47.0 Å². The van der Waals surface area contributed by atoms with Crippen molar-refractivity contribution in [3.8, 4) is 0 Å². The van der Waals surface area contributed by atoms with Crippen LogP contribution >= 0.6 is 11.6 Å². The van der Waals surface area contributed by atoms with E-state index >= 15 is 0 Å². The average Bonchev–Trinajstić information content (AvgIpc) is 2.61. The first-order valence-corrected chi connectivity index (χ1v) is 10.5. The molecule has 1 aliphatic carbocycles. The maximum absolute atomic E-state index is 12.6. The molecule has 0 fully saturated rings. The molecule has 0 aromatic heterocycles. The highest BCUT2D eigenvalue weighted by Crippen LogP contribution is 2.20. The number of likely N-dealkylation sites (N-methyl/N-ethyl adjacent to an activating group) is 1. The molecule has 25 heavy (non-hydrogen) atoms. The summed E-state index contributed by atoms with van der Waals surface area (Å²) in [6.45, 7) is 2.31. The monoisotopic (exact) mass is 384 g/mol. The van der Waals surface area contributed by atoms with Crippen LogP contribution in [0.4, 0.5) is 0 Å². The van der Waals surface area contributed by atoms with Gasteiger partial charge in [0, 0.05) is 18.1 Å². The van der Waals surface area contributed by atoms with Crippen LogP contribution in [0.3, 0.4) is 0 Å². The number of halogens is 1. The molecule has 7 heteroatoms. The Morgan fingerprint density at radius 1 is 1.24 bits per heavy atom. The highest BCUT2D eigenvalue weighted by Gasteiger charge is 2.25. The molecule has 0 spiro atoms. The van der Waals surface area contributed by atoms with Crippen LogP contribution in [0.5, 0.6) is 0 Å². The molecule has 0 saturated carbocycles. The van der Waals surface area contributed by atoms with Crippen molar-refractivity contribution in [1.29, 1.82) is 0 Å². The van der Waals surface area contributed by atoms with Gasteiger partial charge in [0.2, 0.25) is 15.9 Å². The minimum absolute atomic E-state index is 0.138. The second-order valence-electron chi connectivity index (χ2n) is 6.09. The summed E-state index contributed by atoms with van der Waals surface area (Å²) in [5.74, 6) is -0.282. The van der Waals surface area contributed by atoms with Gasteiger partial charge < -0.3 is 5.32 Å². The fourth-order valence-electron chi connectivity index (χ4n) is 2.83. The first-order chi connectivity index (χ1) is 11.9. The van der Waals surface area contributed by atoms with E-state index in [0.29, 0.717) is 11.6 Å². The molecular weight excluding hydrogens is 360 g/mol. The molecule has 0 aliphatic heterocycles. The molecule has 0 heterocycles. The molecule has 0 atom stereocenters. The van der Waals surface area contributed by atoms with Crippen LogP contribution in [0.25, 0.3) is 0 Å². The van der Waals surface area contributed by atoms with Gasteiger partial charge >= 0.3 is 0 Å². The summed E-state index contributed by atoms with van der Waals surface area (Å²) in [6.07, 6.45) is 7.75. The summed E-state index contributed by atoms with van der Waals surface area (Å²) in [4.78, 5) is 12.3. The largest absolute Gasteiger partial charge is 0.355 e. The van der Waals surface area contributed by atoms with Gasteiger partial charge in [-0.05, 0) is 56.4 Å². The number of hydrogen-bond acceptors (Lipinski definition) is 3. The van der Waals surface area contributed by atoms with E-state index in [-0.39, 0.29) is 23.9 Å². The smallest absolute Gasteiger partial charge is 0.243 e. The lowest BCUT2D eigenvalue weighted by atomic mass is 9.97. The van der Waals surface area contributed by atoms with Crippen molar-refractivity contribution >= 4 is 27.5 Å². The minimum Gasteiger partial charge on any atom is -0.355 e. The summed E-state index contributed by atoms with van der Waals surface area (Å²) in [5, 5.41) is 3.29. The predicted molar refractivity (Wildman–Crippen MR) is 100 cm³/mol. The number of nitrogens with zero attached hydrogens (tertiary/aromatic N) is 1. The number of rotatable bonds is 8. The zero-order chi connectivity index (χ0) is 18.3. The van der Waals surface area contributed by atoms with Crippen molar-refractivity contribution in [3.63, 3.8) is 0 Å². The molecule has 0 radical (unpaired) electrons. The van der Waals surface area contributed by atoms with Crippen molar-refractivity contribution < 1.29 is 13.2 Å². The number of hydrogen-bond donors (Lipinski definition) is 1. The van der Waals surface area contributed by atoms with Gasteiger partial charge in [0.25, 0.3) is 0 Å². The van der Waals surface area contributed by atoms with Gasteiger partial charge in [-0.3, -0.25) is 4.79 Å². The second-order valence-corrected chi connectivity index (χ2v) is 8.47. The Labute approximate surface area is 155 Å². The first-order valence-electron chi connectivity index (χ1n) is 8.64. The molecule has 1 N–H and O–H groups in total. The van der Waals surface area contributed by atoms with Crippen molar-refractivity contribution in [2.75, 3.05) is 19.6 Å². The van der Waals surface area contributed by atoms with E-state index in [4.69, 9.17) is 11.6 Å². The Bertz CT molecular complexity index is 714. The summed E-state index contributed by atoms with van der Waals surface area (Å²) < 4.78 is 26.4. The normalized spacial score (nSPS) is 15.1. The Morgan fingerprint density at radius 2 is 1.96 bits per heavy atom. The van der Waals surface area contributed by atoms with Crippen molar-refractivity contribution in [2.24, 2.45) is 0 Å². The number of carbonyl (C=O) groups excluding carboxylic acids is 1. The Hall–Kier alpha value is -1.37. The quantitative estimate of drug-likeness (QED) is 0.699. The van der Waals surface area contributed by atoms with Gasteiger partial charge in [0.05, 0.1) is 11.4 Å². The molecule has 2 rings (SSSR count). The average molecular weight is 385 g/mol. The zero-order valence-corrected chi connectivity index (χ0v) is 16.1. The Balaban J connectivity index is 1.90. The third-order valence-electron chi connectivity index (χ3n) is 4.28. The van der Waals surface area contributed by atoms with E-state index in [0.717, 1.165) is 19.3 Å². The van der Waals surface area contributed by atoms with E-state index in [2.05, 4.69) is 11.4 Å². The fraction of sp³-hybridized carbons (Fsp3) is 0.500. The third-order valence-corrected chi connectivity index (χ3v) is 6.46. The molecular formula is C18H25ClN2O3S. The van der Waals surface area contributed by atoms with Crippen LogP contribution < -0.4 is 5.32 Å². The van der Waals surface area contributed by atoms with E-state index < -0.39 is 10.0 Å². The van der Waals surface area contributed by atoms with Gasteiger partial charge in [-0.2, -0.15) is 4.31 Å². The Morgan fingerprint density at radius 3 is 2.56 bits per heavy atom. The summed E-state index contributed by atoms with van der Waals surface area (Å²) in [5.41, 5.74) is 1.38. The first kappa shape index (κ1) is 19.9. The predicted octanol–water partition coefficient (Wildman–Crippen LogP) is 3.36. The van der Waals surface area contributed by atoms with Crippen molar-refractivity contribution in [3.05, 3.63) is 40.9 Å². The number of carbonyl (C=O) groups is 1. The van der Waals surface area contributed by atoms with Gasteiger partial charge in [-0.15, -0.1) is 0 Å².